The van der Waals surface area contributed by atoms with E-state index >= 15 is 0 Å². The van der Waals surface area contributed by atoms with Crippen molar-refractivity contribution in [3.05, 3.63) is 42.5 Å². The van der Waals surface area contributed by atoms with Crippen molar-refractivity contribution in [2.24, 2.45) is 0 Å². The highest BCUT2D eigenvalue weighted by Crippen LogP contribution is 2.14. The van der Waals surface area contributed by atoms with Gasteiger partial charge in [-0.25, -0.2) is 4.79 Å². The van der Waals surface area contributed by atoms with Crippen LogP contribution in [0.4, 0.5) is 0 Å². The number of esters is 1. The Labute approximate surface area is 117 Å². The Hall–Kier alpha value is -1.35. The number of benzene rings is 1. The van der Waals surface area contributed by atoms with E-state index in [0.29, 0.717) is 12.2 Å². The van der Waals surface area contributed by atoms with E-state index in [9.17, 15) is 4.79 Å². The first kappa shape index (κ1) is 15.7. The fourth-order valence-electron chi connectivity index (χ4n) is 1.99. The Morgan fingerprint density at radius 1 is 1.21 bits per heavy atom. The predicted octanol–water partition coefficient (Wildman–Crippen LogP) is 3.50. The van der Waals surface area contributed by atoms with Crippen molar-refractivity contribution in [3.8, 4) is 0 Å². The maximum Gasteiger partial charge on any atom is 0.333 e. The minimum absolute atomic E-state index is 0.278. The Morgan fingerprint density at radius 3 is 2.42 bits per heavy atom. The van der Waals surface area contributed by atoms with Crippen molar-refractivity contribution in [3.63, 3.8) is 0 Å². The van der Waals surface area contributed by atoms with Crippen LogP contribution >= 0.6 is 0 Å². The van der Waals surface area contributed by atoms with E-state index in [2.05, 4.69) is 50.0 Å². The molecule has 0 atom stereocenters. The van der Waals surface area contributed by atoms with Gasteiger partial charge in [0.25, 0.3) is 0 Å². The standard InChI is InChI=1S/C16H24O2Si/c1-14(2)16(17)18-12-8-9-13-19(3,4)15-10-6-5-7-11-15/h5-7,10-11H,1,8-9,12-13H2,2-4H3. The normalized spacial score (nSPS) is 11.1. The summed E-state index contributed by atoms with van der Waals surface area (Å²) in [6.07, 6.45) is 2.04. The van der Waals surface area contributed by atoms with Crippen molar-refractivity contribution in [2.75, 3.05) is 6.61 Å². The molecule has 1 aromatic carbocycles. The molecule has 1 rings (SSSR count). The summed E-state index contributed by atoms with van der Waals surface area (Å²) in [6.45, 7) is 10.5. The second-order valence-electron chi connectivity index (χ2n) is 5.62. The van der Waals surface area contributed by atoms with Gasteiger partial charge < -0.3 is 4.74 Å². The molecule has 0 aliphatic carbocycles. The lowest BCUT2D eigenvalue weighted by molar-refractivity contribution is -0.139. The molecule has 0 saturated carbocycles. The third kappa shape index (κ3) is 5.43. The van der Waals surface area contributed by atoms with E-state index in [-0.39, 0.29) is 5.97 Å². The van der Waals surface area contributed by atoms with Gasteiger partial charge >= 0.3 is 5.97 Å². The monoisotopic (exact) mass is 276 g/mol. The summed E-state index contributed by atoms with van der Waals surface area (Å²) >= 11 is 0. The molecule has 3 heteroatoms. The van der Waals surface area contributed by atoms with Crippen LogP contribution in [-0.4, -0.2) is 20.7 Å². The van der Waals surface area contributed by atoms with Gasteiger partial charge in [-0.2, -0.15) is 0 Å². The van der Waals surface area contributed by atoms with Gasteiger partial charge in [0, 0.05) is 5.57 Å². The Kier molecular flexibility index (Phi) is 6.02. The van der Waals surface area contributed by atoms with Gasteiger partial charge in [0.1, 0.15) is 0 Å². The van der Waals surface area contributed by atoms with Crippen LogP contribution in [0, 0.1) is 0 Å². The molecular weight excluding hydrogens is 252 g/mol. The summed E-state index contributed by atoms with van der Waals surface area (Å²) in [5.74, 6) is -0.278. The fraction of sp³-hybridized carbons (Fsp3) is 0.438. The Balaban J connectivity index is 2.29. The molecule has 0 heterocycles. The SMILES string of the molecule is C=C(C)C(=O)OCCCC[Si](C)(C)c1ccccc1. The van der Waals surface area contributed by atoms with E-state index in [1.54, 1.807) is 6.92 Å². The number of unbranched alkanes of at least 4 members (excludes halogenated alkanes) is 1. The molecule has 0 aliphatic heterocycles. The molecule has 0 bridgehead atoms. The second kappa shape index (κ2) is 7.29. The Morgan fingerprint density at radius 2 is 1.84 bits per heavy atom. The van der Waals surface area contributed by atoms with Crippen LogP contribution in [0.3, 0.4) is 0 Å². The number of ether oxygens (including phenoxy) is 1. The van der Waals surface area contributed by atoms with Crippen molar-refractivity contribution >= 4 is 19.2 Å². The Bertz CT molecular complexity index is 424. The molecule has 0 amide bonds. The van der Waals surface area contributed by atoms with Gasteiger partial charge in [-0.1, -0.05) is 67.7 Å². The lowest BCUT2D eigenvalue weighted by atomic mass is 10.3. The molecule has 0 N–H and O–H groups in total. The molecule has 0 radical (unpaired) electrons. The average Bonchev–Trinajstić information content (AvgIpc) is 2.39. The molecule has 104 valence electrons. The molecule has 1 aromatic rings. The maximum atomic E-state index is 11.2. The zero-order valence-corrected chi connectivity index (χ0v) is 13.2. The highest BCUT2D eigenvalue weighted by atomic mass is 28.3. The summed E-state index contributed by atoms with van der Waals surface area (Å²) in [7, 11) is -1.34. The summed E-state index contributed by atoms with van der Waals surface area (Å²) in [5.41, 5.74) is 0.471. The van der Waals surface area contributed by atoms with Gasteiger partial charge in [-0.15, -0.1) is 0 Å². The maximum absolute atomic E-state index is 11.2. The lowest BCUT2D eigenvalue weighted by Crippen LogP contribution is -2.40. The first-order chi connectivity index (χ1) is 8.93. The third-order valence-corrected chi connectivity index (χ3v) is 6.83. The molecule has 0 aromatic heterocycles. The van der Waals surface area contributed by atoms with E-state index in [0.717, 1.165) is 12.8 Å². The molecule has 2 nitrogen and oxygen atoms in total. The van der Waals surface area contributed by atoms with Gasteiger partial charge in [-0.05, 0) is 13.3 Å². The number of carbonyl (C=O) groups excluding carboxylic acids is 1. The van der Waals surface area contributed by atoms with Crippen LogP contribution in [-0.2, 0) is 9.53 Å². The smallest absolute Gasteiger partial charge is 0.333 e. The minimum atomic E-state index is -1.34. The summed E-state index contributed by atoms with van der Waals surface area (Å²) in [6, 6.07) is 12.0. The zero-order valence-electron chi connectivity index (χ0n) is 12.2. The van der Waals surface area contributed by atoms with E-state index in [1.165, 1.54) is 11.2 Å². The van der Waals surface area contributed by atoms with Crippen LogP contribution < -0.4 is 5.19 Å². The highest BCUT2D eigenvalue weighted by molar-refractivity contribution is 6.89. The number of rotatable bonds is 7. The minimum Gasteiger partial charge on any atom is -0.462 e. The molecule has 0 unspecified atom stereocenters. The number of hydrogen-bond acceptors (Lipinski definition) is 2. The van der Waals surface area contributed by atoms with E-state index < -0.39 is 8.07 Å². The van der Waals surface area contributed by atoms with Gasteiger partial charge in [-0.3, -0.25) is 0 Å². The van der Waals surface area contributed by atoms with Gasteiger partial charge in [0.2, 0.25) is 0 Å². The fourth-order valence-corrected chi connectivity index (χ4v) is 4.51. The summed E-state index contributed by atoms with van der Waals surface area (Å²) in [5, 5.41) is 1.49. The van der Waals surface area contributed by atoms with E-state index in [4.69, 9.17) is 4.74 Å². The second-order valence-corrected chi connectivity index (χ2v) is 10.5. The van der Waals surface area contributed by atoms with Crippen LogP contribution in [0.1, 0.15) is 19.8 Å². The van der Waals surface area contributed by atoms with Crippen molar-refractivity contribution in [1.29, 1.82) is 0 Å². The van der Waals surface area contributed by atoms with Crippen LogP contribution in [0.15, 0.2) is 42.5 Å². The van der Waals surface area contributed by atoms with Gasteiger partial charge in [0.05, 0.1) is 14.7 Å². The quantitative estimate of drug-likeness (QED) is 0.330. The topological polar surface area (TPSA) is 26.3 Å². The molecular formula is C16H24O2Si. The molecule has 19 heavy (non-hydrogen) atoms. The van der Waals surface area contributed by atoms with Crippen LogP contribution in [0.5, 0.6) is 0 Å². The molecule has 0 saturated heterocycles. The lowest BCUT2D eigenvalue weighted by Gasteiger charge is -2.22. The molecule has 0 aliphatic rings. The van der Waals surface area contributed by atoms with Crippen LogP contribution in [0.2, 0.25) is 19.1 Å². The van der Waals surface area contributed by atoms with Crippen molar-refractivity contribution in [2.45, 2.75) is 38.9 Å². The van der Waals surface area contributed by atoms with Crippen molar-refractivity contribution in [1.82, 2.24) is 0 Å². The molecule has 0 spiro atoms. The summed E-state index contributed by atoms with van der Waals surface area (Å²) in [4.78, 5) is 11.2. The number of hydrogen-bond donors (Lipinski definition) is 0. The third-order valence-electron chi connectivity index (χ3n) is 3.33. The number of carbonyl (C=O) groups is 1. The van der Waals surface area contributed by atoms with Gasteiger partial charge in [0.15, 0.2) is 0 Å². The first-order valence-electron chi connectivity index (χ1n) is 6.81. The average molecular weight is 276 g/mol. The predicted molar refractivity (Wildman–Crippen MR) is 83.4 cm³/mol. The summed E-state index contributed by atoms with van der Waals surface area (Å²) < 4.78 is 5.10. The largest absolute Gasteiger partial charge is 0.462 e. The van der Waals surface area contributed by atoms with E-state index in [1.807, 2.05) is 0 Å². The molecule has 0 fully saturated rings. The first-order valence-corrected chi connectivity index (χ1v) is 10.0. The van der Waals surface area contributed by atoms with Crippen molar-refractivity contribution < 1.29 is 9.53 Å². The zero-order chi connectivity index (χ0) is 14.3. The van der Waals surface area contributed by atoms with Crippen LogP contribution in [0.25, 0.3) is 0 Å². The highest BCUT2D eigenvalue weighted by Gasteiger charge is 2.22.